The molecule has 0 aliphatic heterocycles. The third kappa shape index (κ3) is 0.913. The largest absolute Gasteiger partial charge is 0.481 e. The smallest absolute Gasteiger partial charge is 0.311 e. The summed E-state index contributed by atoms with van der Waals surface area (Å²) in [7, 11) is 1.82. The number of carboxylic acid groups (broad SMARTS) is 1. The van der Waals surface area contributed by atoms with Crippen LogP contribution in [0.4, 0.5) is 0 Å². The number of aliphatic carboxylic acids is 1. The van der Waals surface area contributed by atoms with Crippen molar-refractivity contribution >= 4 is 5.97 Å². The first-order valence-electron chi connectivity index (χ1n) is 3.93. The fraction of sp³-hybridized carbons (Fsp3) is 0.500. The lowest BCUT2D eigenvalue weighted by molar-refractivity contribution is -0.138. The zero-order valence-corrected chi connectivity index (χ0v) is 6.82. The molecule has 1 atom stereocenters. The zero-order valence-electron chi connectivity index (χ0n) is 6.82. The number of nitrogens with zero attached hydrogens (tertiary/aromatic N) is 2. The second-order valence-corrected chi connectivity index (χ2v) is 3.13. The van der Waals surface area contributed by atoms with Gasteiger partial charge in [0.05, 0.1) is 11.6 Å². The van der Waals surface area contributed by atoms with E-state index in [-0.39, 0.29) is 5.92 Å². The van der Waals surface area contributed by atoms with Gasteiger partial charge in [-0.2, -0.15) is 5.10 Å². The molecule has 0 fully saturated rings. The van der Waals surface area contributed by atoms with Gasteiger partial charge in [-0.25, -0.2) is 0 Å². The molecule has 0 radical (unpaired) electrons. The molecule has 64 valence electrons. The predicted octanol–water partition coefficient (Wildman–Crippen LogP) is 0.534. The molecule has 1 aromatic heterocycles. The van der Waals surface area contributed by atoms with Gasteiger partial charge in [0.2, 0.25) is 0 Å². The molecule has 1 heterocycles. The van der Waals surface area contributed by atoms with Gasteiger partial charge in [-0.05, 0) is 12.8 Å². The molecule has 0 saturated carbocycles. The molecule has 4 heteroatoms. The third-order valence-corrected chi connectivity index (χ3v) is 2.28. The van der Waals surface area contributed by atoms with E-state index in [1.807, 2.05) is 7.05 Å². The molecule has 0 saturated heterocycles. The lowest BCUT2D eigenvalue weighted by Gasteiger charge is -2.00. The number of rotatable bonds is 1. The van der Waals surface area contributed by atoms with Crippen molar-refractivity contribution in [3.05, 3.63) is 17.5 Å². The molecule has 0 bridgehead atoms. The van der Waals surface area contributed by atoms with Gasteiger partial charge in [-0.3, -0.25) is 9.48 Å². The predicted molar refractivity (Wildman–Crippen MR) is 41.9 cm³/mol. The van der Waals surface area contributed by atoms with Crippen LogP contribution >= 0.6 is 0 Å². The van der Waals surface area contributed by atoms with E-state index in [9.17, 15) is 4.79 Å². The lowest BCUT2D eigenvalue weighted by atomic mass is 10.1. The lowest BCUT2D eigenvalue weighted by Crippen LogP contribution is -2.07. The summed E-state index contributed by atoms with van der Waals surface area (Å²) >= 11 is 0. The average molecular weight is 166 g/mol. The first-order valence-corrected chi connectivity index (χ1v) is 3.93. The summed E-state index contributed by atoms with van der Waals surface area (Å²) in [6.45, 7) is 0. The van der Waals surface area contributed by atoms with Crippen LogP contribution in [-0.2, 0) is 18.3 Å². The van der Waals surface area contributed by atoms with Crippen molar-refractivity contribution < 1.29 is 9.90 Å². The second kappa shape index (κ2) is 2.33. The fourth-order valence-corrected chi connectivity index (χ4v) is 1.73. The minimum Gasteiger partial charge on any atom is -0.481 e. The number of hydrogen-bond acceptors (Lipinski definition) is 2. The highest BCUT2D eigenvalue weighted by molar-refractivity contribution is 5.77. The van der Waals surface area contributed by atoms with Gasteiger partial charge in [-0.1, -0.05) is 0 Å². The van der Waals surface area contributed by atoms with Crippen molar-refractivity contribution in [2.24, 2.45) is 7.05 Å². The SMILES string of the molecule is Cn1cc2c(n1)CC[C@H]2C(=O)O. The standard InChI is InChI=1S/C8H10N2O2/c1-10-4-6-5(8(11)12)2-3-7(6)9-10/h4-5H,2-3H2,1H3,(H,11,12)/t5-/m1/s1. The van der Waals surface area contributed by atoms with Crippen LogP contribution in [0, 0.1) is 0 Å². The molecule has 1 aliphatic rings. The summed E-state index contributed by atoms with van der Waals surface area (Å²) in [5.41, 5.74) is 1.84. The number of aryl methyl sites for hydroxylation is 2. The third-order valence-electron chi connectivity index (χ3n) is 2.28. The van der Waals surface area contributed by atoms with Crippen molar-refractivity contribution in [3.63, 3.8) is 0 Å². The Morgan fingerprint density at radius 2 is 2.58 bits per heavy atom. The van der Waals surface area contributed by atoms with Crippen LogP contribution in [0.3, 0.4) is 0 Å². The quantitative estimate of drug-likeness (QED) is 0.662. The van der Waals surface area contributed by atoms with Crippen molar-refractivity contribution in [2.45, 2.75) is 18.8 Å². The Kier molecular flexibility index (Phi) is 1.43. The topological polar surface area (TPSA) is 55.1 Å². The Morgan fingerprint density at radius 3 is 3.25 bits per heavy atom. The van der Waals surface area contributed by atoms with Gasteiger partial charge in [-0.15, -0.1) is 0 Å². The van der Waals surface area contributed by atoms with Gasteiger partial charge >= 0.3 is 5.97 Å². The normalized spacial score (nSPS) is 20.9. The number of carbonyl (C=O) groups is 1. The molecule has 1 aromatic rings. The molecule has 0 aromatic carbocycles. The van der Waals surface area contributed by atoms with Crippen LogP contribution in [0.15, 0.2) is 6.20 Å². The Morgan fingerprint density at radius 1 is 1.83 bits per heavy atom. The summed E-state index contributed by atoms with van der Waals surface area (Å²) in [5.74, 6) is -1.06. The Balaban J connectivity index is 2.41. The molecule has 1 aliphatic carbocycles. The second-order valence-electron chi connectivity index (χ2n) is 3.13. The van der Waals surface area contributed by atoms with Crippen LogP contribution in [0.1, 0.15) is 23.6 Å². The Bertz CT molecular complexity index is 330. The van der Waals surface area contributed by atoms with Crippen molar-refractivity contribution in [2.75, 3.05) is 0 Å². The molecule has 0 spiro atoms. The Hall–Kier alpha value is -1.32. The van der Waals surface area contributed by atoms with Crippen LogP contribution in [0.25, 0.3) is 0 Å². The molecule has 2 rings (SSSR count). The Labute approximate surface area is 69.8 Å². The number of fused-ring (bicyclic) bond motifs is 1. The van der Waals surface area contributed by atoms with Gasteiger partial charge in [0, 0.05) is 18.8 Å². The van der Waals surface area contributed by atoms with Crippen LogP contribution in [0.2, 0.25) is 0 Å². The van der Waals surface area contributed by atoms with Crippen molar-refractivity contribution in [1.29, 1.82) is 0 Å². The van der Waals surface area contributed by atoms with Crippen LogP contribution in [0.5, 0.6) is 0 Å². The maximum atomic E-state index is 10.7. The summed E-state index contributed by atoms with van der Waals surface area (Å²) in [4.78, 5) is 10.7. The van der Waals surface area contributed by atoms with Gasteiger partial charge < -0.3 is 5.11 Å². The van der Waals surface area contributed by atoms with E-state index in [2.05, 4.69) is 5.10 Å². The van der Waals surface area contributed by atoms with Gasteiger partial charge in [0.15, 0.2) is 0 Å². The summed E-state index contributed by atoms with van der Waals surface area (Å²) < 4.78 is 1.68. The minimum atomic E-state index is -0.734. The molecular formula is C8H10N2O2. The summed E-state index contributed by atoms with van der Waals surface area (Å²) in [6, 6.07) is 0. The van der Waals surface area contributed by atoms with Crippen molar-refractivity contribution in [1.82, 2.24) is 9.78 Å². The van der Waals surface area contributed by atoms with Crippen LogP contribution in [-0.4, -0.2) is 20.9 Å². The minimum absolute atomic E-state index is 0.325. The van der Waals surface area contributed by atoms with E-state index < -0.39 is 5.97 Å². The molecule has 0 amide bonds. The highest BCUT2D eigenvalue weighted by Crippen LogP contribution is 2.31. The number of aromatic nitrogens is 2. The van der Waals surface area contributed by atoms with E-state index in [0.717, 1.165) is 17.7 Å². The number of hydrogen-bond donors (Lipinski definition) is 1. The van der Waals surface area contributed by atoms with Crippen molar-refractivity contribution in [3.8, 4) is 0 Å². The average Bonchev–Trinajstić information content (AvgIpc) is 2.43. The van der Waals surface area contributed by atoms with E-state index in [1.54, 1.807) is 10.9 Å². The number of carboxylic acids is 1. The molecule has 4 nitrogen and oxygen atoms in total. The first kappa shape index (κ1) is 7.34. The van der Waals surface area contributed by atoms with E-state index in [4.69, 9.17) is 5.11 Å². The maximum absolute atomic E-state index is 10.7. The monoisotopic (exact) mass is 166 g/mol. The molecule has 1 N–H and O–H groups in total. The van der Waals surface area contributed by atoms with Gasteiger partial charge in [0.25, 0.3) is 0 Å². The first-order chi connectivity index (χ1) is 5.68. The highest BCUT2D eigenvalue weighted by atomic mass is 16.4. The highest BCUT2D eigenvalue weighted by Gasteiger charge is 2.30. The molecule has 0 unspecified atom stereocenters. The zero-order chi connectivity index (χ0) is 8.72. The maximum Gasteiger partial charge on any atom is 0.311 e. The van der Waals surface area contributed by atoms with Crippen LogP contribution < -0.4 is 0 Å². The molecule has 12 heavy (non-hydrogen) atoms. The van der Waals surface area contributed by atoms with E-state index in [0.29, 0.717) is 6.42 Å². The van der Waals surface area contributed by atoms with E-state index >= 15 is 0 Å². The summed E-state index contributed by atoms with van der Waals surface area (Å²) in [6.07, 6.45) is 3.31. The van der Waals surface area contributed by atoms with E-state index in [1.165, 1.54) is 0 Å². The molecular weight excluding hydrogens is 156 g/mol. The van der Waals surface area contributed by atoms with Gasteiger partial charge in [0.1, 0.15) is 0 Å². The summed E-state index contributed by atoms with van der Waals surface area (Å²) in [5, 5.41) is 13.0. The fourth-order valence-electron chi connectivity index (χ4n) is 1.73.